The molecule has 0 spiro atoms. The lowest BCUT2D eigenvalue weighted by atomic mass is 10.1. The summed E-state index contributed by atoms with van der Waals surface area (Å²) in [5, 5.41) is 15.8. The summed E-state index contributed by atoms with van der Waals surface area (Å²) >= 11 is 0. The van der Waals surface area contributed by atoms with Crippen LogP contribution in [0.2, 0.25) is 0 Å². The number of rotatable bonds is 5. The molecule has 0 saturated heterocycles. The summed E-state index contributed by atoms with van der Waals surface area (Å²) in [5.41, 5.74) is 1.27. The summed E-state index contributed by atoms with van der Waals surface area (Å²) in [6.07, 6.45) is 1.59. The molecule has 0 aliphatic rings. The third kappa shape index (κ3) is 2.90. The second-order valence-electron chi connectivity index (χ2n) is 5.24. The minimum atomic E-state index is -1.57. The van der Waals surface area contributed by atoms with Crippen molar-refractivity contribution in [3.8, 4) is 0 Å². The third-order valence-corrected chi connectivity index (χ3v) is 3.25. The highest BCUT2D eigenvalue weighted by Crippen LogP contribution is 2.19. The maximum atomic E-state index is 12.6. The molecule has 0 aliphatic carbocycles. The van der Waals surface area contributed by atoms with E-state index in [0.29, 0.717) is 16.7 Å². The van der Waals surface area contributed by atoms with E-state index in [0.717, 1.165) is 0 Å². The smallest absolute Gasteiger partial charge is 0.328 e. The highest BCUT2D eigenvalue weighted by atomic mass is 19.1. The number of fused-ring (bicyclic) bond motifs is 1. The van der Waals surface area contributed by atoms with Crippen molar-refractivity contribution < 1.29 is 19.1 Å². The zero-order valence-electron chi connectivity index (χ0n) is 12.5. The van der Waals surface area contributed by atoms with Crippen molar-refractivity contribution >= 4 is 22.9 Å². The molecular weight excluding hydrogens is 291 g/mol. The Labute approximate surface area is 126 Å². The molecule has 2 rings (SSSR count). The standard InChI is InChI=1S/C14H17FN4O3/c1-7(2)19-12-9(6-16-19)4-10(8(3)17-12)13(20)18-11(5-15)14(21)22/h4,6-7,11H,5H2,1-3H3,(H,18,20)(H,21,22). The topological polar surface area (TPSA) is 97.1 Å². The van der Waals surface area contributed by atoms with Gasteiger partial charge in [-0.15, -0.1) is 0 Å². The average Bonchev–Trinajstić information content (AvgIpc) is 2.85. The van der Waals surface area contributed by atoms with E-state index in [1.54, 1.807) is 23.9 Å². The molecule has 8 heteroatoms. The Morgan fingerprint density at radius 1 is 1.45 bits per heavy atom. The number of carbonyl (C=O) groups is 2. The Morgan fingerprint density at radius 2 is 2.14 bits per heavy atom. The molecule has 22 heavy (non-hydrogen) atoms. The number of hydrogen-bond donors (Lipinski definition) is 2. The van der Waals surface area contributed by atoms with Gasteiger partial charge in [0.2, 0.25) is 0 Å². The molecule has 2 aromatic heterocycles. The number of amides is 1. The Morgan fingerprint density at radius 3 is 2.68 bits per heavy atom. The molecule has 0 saturated carbocycles. The summed E-state index contributed by atoms with van der Waals surface area (Å²) in [6, 6.07) is 0.128. The molecule has 0 radical (unpaired) electrons. The first kappa shape index (κ1) is 15.9. The van der Waals surface area contributed by atoms with Crippen LogP contribution in [0.3, 0.4) is 0 Å². The van der Waals surface area contributed by atoms with Gasteiger partial charge in [0.25, 0.3) is 5.91 Å². The molecule has 0 aromatic carbocycles. The molecule has 118 valence electrons. The quantitative estimate of drug-likeness (QED) is 0.872. The molecule has 1 atom stereocenters. The maximum Gasteiger partial charge on any atom is 0.328 e. The van der Waals surface area contributed by atoms with Gasteiger partial charge in [0.05, 0.1) is 17.5 Å². The number of carbonyl (C=O) groups excluding carboxylic acids is 1. The minimum absolute atomic E-state index is 0.118. The summed E-state index contributed by atoms with van der Waals surface area (Å²) < 4.78 is 14.3. The van der Waals surface area contributed by atoms with E-state index in [-0.39, 0.29) is 11.6 Å². The Hall–Kier alpha value is -2.51. The average molecular weight is 308 g/mol. The van der Waals surface area contributed by atoms with Crippen LogP contribution in [0.15, 0.2) is 12.3 Å². The van der Waals surface area contributed by atoms with Crippen LogP contribution in [0.1, 0.15) is 35.9 Å². The van der Waals surface area contributed by atoms with Crippen LogP contribution < -0.4 is 5.32 Å². The van der Waals surface area contributed by atoms with Gasteiger partial charge >= 0.3 is 5.97 Å². The molecule has 0 aliphatic heterocycles. The molecule has 1 unspecified atom stereocenters. The van der Waals surface area contributed by atoms with E-state index in [1.165, 1.54) is 0 Å². The summed E-state index contributed by atoms with van der Waals surface area (Å²) in [7, 11) is 0. The number of nitrogens with one attached hydrogen (secondary N) is 1. The van der Waals surface area contributed by atoms with Crippen LogP contribution >= 0.6 is 0 Å². The van der Waals surface area contributed by atoms with Crippen LogP contribution in [0.25, 0.3) is 11.0 Å². The summed E-state index contributed by atoms with van der Waals surface area (Å²) in [5.74, 6) is -2.09. The van der Waals surface area contributed by atoms with E-state index in [9.17, 15) is 14.0 Å². The Kier molecular flexibility index (Phi) is 4.39. The van der Waals surface area contributed by atoms with E-state index in [2.05, 4.69) is 15.4 Å². The molecule has 0 fully saturated rings. The first-order chi connectivity index (χ1) is 10.3. The monoisotopic (exact) mass is 308 g/mol. The number of carboxylic acid groups (broad SMARTS) is 1. The van der Waals surface area contributed by atoms with Crippen molar-refractivity contribution in [2.45, 2.75) is 32.9 Å². The zero-order chi connectivity index (χ0) is 16.4. The maximum absolute atomic E-state index is 12.6. The van der Waals surface area contributed by atoms with Gasteiger partial charge < -0.3 is 10.4 Å². The summed E-state index contributed by atoms with van der Waals surface area (Å²) in [4.78, 5) is 27.3. The zero-order valence-corrected chi connectivity index (χ0v) is 12.5. The number of aliphatic carboxylic acids is 1. The van der Waals surface area contributed by atoms with Gasteiger partial charge in [0.15, 0.2) is 11.7 Å². The highest BCUT2D eigenvalue weighted by Gasteiger charge is 2.22. The first-order valence-corrected chi connectivity index (χ1v) is 6.79. The molecular formula is C14H17FN4O3. The van der Waals surface area contributed by atoms with Gasteiger partial charge in [-0.1, -0.05) is 0 Å². The van der Waals surface area contributed by atoms with Crippen molar-refractivity contribution in [3.63, 3.8) is 0 Å². The lowest BCUT2D eigenvalue weighted by Gasteiger charge is -2.12. The molecule has 2 N–H and O–H groups in total. The molecule has 0 bridgehead atoms. The van der Waals surface area contributed by atoms with E-state index < -0.39 is 24.6 Å². The number of alkyl halides is 1. The van der Waals surface area contributed by atoms with Crippen LogP contribution in [0.4, 0.5) is 4.39 Å². The van der Waals surface area contributed by atoms with Gasteiger partial charge in [-0.25, -0.2) is 18.9 Å². The number of aryl methyl sites for hydroxylation is 1. The molecule has 2 heterocycles. The van der Waals surface area contributed by atoms with Gasteiger partial charge in [0, 0.05) is 11.4 Å². The lowest BCUT2D eigenvalue weighted by Crippen LogP contribution is -2.42. The van der Waals surface area contributed by atoms with E-state index >= 15 is 0 Å². The van der Waals surface area contributed by atoms with Crippen LogP contribution in [-0.4, -0.2) is 44.5 Å². The van der Waals surface area contributed by atoms with Gasteiger partial charge in [-0.05, 0) is 26.8 Å². The number of halogens is 1. The van der Waals surface area contributed by atoms with Crippen molar-refractivity contribution in [2.24, 2.45) is 0 Å². The normalized spacial score (nSPS) is 12.6. The van der Waals surface area contributed by atoms with E-state index in [4.69, 9.17) is 5.11 Å². The van der Waals surface area contributed by atoms with Crippen molar-refractivity contribution in [3.05, 3.63) is 23.5 Å². The minimum Gasteiger partial charge on any atom is -0.480 e. The van der Waals surface area contributed by atoms with Crippen molar-refractivity contribution in [2.75, 3.05) is 6.67 Å². The Balaban J connectivity index is 2.38. The number of carboxylic acids is 1. The van der Waals surface area contributed by atoms with Crippen molar-refractivity contribution in [1.82, 2.24) is 20.1 Å². The highest BCUT2D eigenvalue weighted by molar-refractivity contribution is 5.99. The van der Waals surface area contributed by atoms with Crippen LogP contribution in [0, 0.1) is 6.92 Å². The second-order valence-corrected chi connectivity index (χ2v) is 5.24. The van der Waals surface area contributed by atoms with E-state index in [1.807, 2.05) is 13.8 Å². The van der Waals surface area contributed by atoms with Crippen LogP contribution in [0.5, 0.6) is 0 Å². The summed E-state index contributed by atoms with van der Waals surface area (Å²) in [6.45, 7) is 4.38. The van der Waals surface area contributed by atoms with Crippen LogP contribution in [-0.2, 0) is 4.79 Å². The SMILES string of the molecule is Cc1nc2c(cnn2C(C)C)cc1C(=O)NC(CF)C(=O)O. The number of nitrogens with zero attached hydrogens (tertiary/aromatic N) is 3. The fourth-order valence-corrected chi connectivity index (χ4v) is 2.08. The molecule has 1 amide bonds. The number of pyridine rings is 1. The molecule has 7 nitrogen and oxygen atoms in total. The van der Waals surface area contributed by atoms with Gasteiger partial charge in [-0.3, -0.25) is 4.79 Å². The predicted molar refractivity (Wildman–Crippen MR) is 77.5 cm³/mol. The molecule has 2 aromatic rings. The fourth-order valence-electron chi connectivity index (χ4n) is 2.08. The lowest BCUT2D eigenvalue weighted by molar-refractivity contribution is -0.139. The number of hydrogen-bond acceptors (Lipinski definition) is 4. The van der Waals surface area contributed by atoms with Gasteiger partial charge in [0.1, 0.15) is 6.67 Å². The third-order valence-electron chi connectivity index (χ3n) is 3.25. The largest absolute Gasteiger partial charge is 0.480 e. The van der Waals surface area contributed by atoms with Crippen molar-refractivity contribution in [1.29, 1.82) is 0 Å². The number of aromatic nitrogens is 3. The predicted octanol–water partition coefficient (Wildman–Crippen LogP) is 1.47. The van der Waals surface area contributed by atoms with Gasteiger partial charge in [-0.2, -0.15) is 5.10 Å². The Bertz CT molecular complexity index is 726. The first-order valence-electron chi connectivity index (χ1n) is 6.79. The second kappa shape index (κ2) is 6.08. The fraction of sp³-hybridized carbons (Fsp3) is 0.429.